The molecule has 1 atom stereocenters. The van der Waals surface area contributed by atoms with Crippen LogP contribution in [0.2, 0.25) is 0 Å². The molecule has 0 aliphatic carbocycles. The van der Waals surface area contributed by atoms with Gasteiger partial charge >= 0.3 is 0 Å². The molecule has 0 bridgehead atoms. The van der Waals surface area contributed by atoms with Crippen molar-refractivity contribution in [1.29, 1.82) is 0 Å². The molecule has 3 aliphatic rings. The van der Waals surface area contributed by atoms with Crippen molar-refractivity contribution in [2.45, 2.75) is 38.1 Å². The number of hydrogen-bond donors (Lipinski definition) is 0. The lowest BCUT2D eigenvalue weighted by atomic mass is 9.89. The number of nitrogens with zero attached hydrogens (tertiary/aromatic N) is 2. The highest BCUT2D eigenvalue weighted by Gasteiger charge is 2.64. The van der Waals surface area contributed by atoms with Crippen molar-refractivity contribution in [2.24, 2.45) is 0 Å². The molecule has 2 amide bonds. The molecule has 3 aliphatic heterocycles. The molecule has 0 N–H and O–H groups in total. The second kappa shape index (κ2) is 6.60. The molecule has 2 aromatic carbocycles. The van der Waals surface area contributed by atoms with Crippen LogP contribution in [-0.4, -0.2) is 29.7 Å². The maximum absolute atomic E-state index is 14.2. The van der Waals surface area contributed by atoms with Gasteiger partial charge in [0.2, 0.25) is 10.8 Å². The first-order chi connectivity index (χ1) is 14.7. The Hall–Kier alpha value is -2.80. The Labute approximate surface area is 184 Å². The molecule has 7 heteroatoms. The van der Waals surface area contributed by atoms with E-state index in [1.807, 2.05) is 44.7 Å². The number of carbonyl (C=O) groups excluding carboxylic acids is 2. The molecule has 5 nitrogen and oxygen atoms in total. The van der Waals surface area contributed by atoms with E-state index in [-0.39, 0.29) is 17.6 Å². The van der Waals surface area contributed by atoms with E-state index < -0.39 is 16.2 Å². The van der Waals surface area contributed by atoms with Gasteiger partial charge in [0.25, 0.3) is 5.91 Å². The zero-order valence-electron chi connectivity index (χ0n) is 17.9. The molecule has 0 radical (unpaired) electrons. The third-order valence-electron chi connectivity index (χ3n) is 6.10. The quantitative estimate of drug-likeness (QED) is 0.697. The van der Waals surface area contributed by atoms with Crippen molar-refractivity contribution < 1.29 is 18.7 Å². The van der Waals surface area contributed by atoms with E-state index >= 15 is 0 Å². The molecular weight excluding hydrogens is 415 g/mol. The molecule has 31 heavy (non-hydrogen) atoms. The Balaban J connectivity index is 1.81. The number of allylic oxidation sites excluding steroid dienone is 1. The molecule has 160 valence electrons. The Morgan fingerprint density at radius 3 is 2.52 bits per heavy atom. The zero-order valence-corrected chi connectivity index (χ0v) is 18.7. The van der Waals surface area contributed by atoms with Crippen molar-refractivity contribution in [2.75, 3.05) is 22.2 Å². The van der Waals surface area contributed by atoms with Crippen LogP contribution in [0, 0.1) is 5.82 Å². The fraction of sp³-hybridized carbons (Fsp3) is 0.333. The van der Waals surface area contributed by atoms with Crippen LogP contribution in [0.15, 0.2) is 42.5 Å². The first-order valence-corrected chi connectivity index (χ1v) is 11.3. The standard InChI is InChI=1S/C24H23FN2O3S/c1-5-30-17-10-18-14(2)12-23(3,4)27-21(18)19(11-17)24(22(27)29)26(20(28)13-31-24)16-8-6-15(25)7-9-16/h6-12H,5,13H2,1-4H3. The van der Waals surface area contributed by atoms with Gasteiger partial charge in [0.05, 0.1) is 23.6 Å². The van der Waals surface area contributed by atoms with Crippen LogP contribution >= 0.6 is 11.8 Å². The van der Waals surface area contributed by atoms with Gasteiger partial charge < -0.3 is 4.74 Å². The highest BCUT2D eigenvalue weighted by molar-refractivity contribution is 8.02. The van der Waals surface area contributed by atoms with Crippen LogP contribution in [0.25, 0.3) is 5.57 Å². The number of amides is 2. The van der Waals surface area contributed by atoms with Gasteiger partial charge in [-0.05, 0) is 69.7 Å². The maximum atomic E-state index is 14.2. The maximum Gasteiger partial charge on any atom is 0.269 e. The van der Waals surface area contributed by atoms with Crippen LogP contribution in [-0.2, 0) is 14.5 Å². The third kappa shape index (κ3) is 2.62. The molecule has 1 unspecified atom stereocenters. The van der Waals surface area contributed by atoms with E-state index in [0.717, 1.165) is 22.4 Å². The van der Waals surface area contributed by atoms with Crippen molar-refractivity contribution in [3.8, 4) is 5.75 Å². The molecule has 1 saturated heterocycles. The fourth-order valence-corrected chi connectivity index (χ4v) is 6.31. The molecule has 5 rings (SSSR count). The normalized spacial score (nSPS) is 23.5. The Kier molecular flexibility index (Phi) is 4.28. The van der Waals surface area contributed by atoms with Crippen LogP contribution in [0.3, 0.4) is 0 Å². The first-order valence-electron chi connectivity index (χ1n) is 10.3. The summed E-state index contributed by atoms with van der Waals surface area (Å²) in [7, 11) is 0. The lowest BCUT2D eigenvalue weighted by molar-refractivity contribution is -0.124. The summed E-state index contributed by atoms with van der Waals surface area (Å²) in [6.07, 6.45) is 2.08. The van der Waals surface area contributed by atoms with Gasteiger partial charge in [-0.2, -0.15) is 0 Å². The van der Waals surface area contributed by atoms with Gasteiger partial charge in [-0.15, -0.1) is 11.8 Å². The van der Waals surface area contributed by atoms with Crippen LogP contribution in [0.1, 0.15) is 38.8 Å². The number of rotatable bonds is 3. The monoisotopic (exact) mass is 438 g/mol. The number of carbonyl (C=O) groups is 2. The minimum absolute atomic E-state index is 0.161. The molecule has 0 saturated carbocycles. The number of anilines is 2. The Bertz CT molecular complexity index is 1160. The zero-order chi connectivity index (χ0) is 22.1. The number of benzene rings is 2. The Morgan fingerprint density at radius 1 is 1.13 bits per heavy atom. The van der Waals surface area contributed by atoms with Crippen molar-refractivity contribution in [3.63, 3.8) is 0 Å². The SMILES string of the molecule is CCOc1cc2c3c(c1)C1(SCC(=O)N1c1ccc(F)cc1)C(=O)N3C(C)(C)C=C2C. The summed E-state index contributed by atoms with van der Waals surface area (Å²) in [4.78, 5) is 29.4. The molecule has 1 fully saturated rings. The lowest BCUT2D eigenvalue weighted by Crippen LogP contribution is -2.54. The van der Waals surface area contributed by atoms with Gasteiger partial charge in [-0.1, -0.05) is 6.08 Å². The van der Waals surface area contributed by atoms with E-state index in [0.29, 0.717) is 18.0 Å². The van der Waals surface area contributed by atoms with Crippen molar-refractivity contribution in [1.82, 2.24) is 0 Å². The lowest BCUT2D eigenvalue weighted by Gasteiger charge is -2.40. The summed E-state index contributed by atoms with van der Waals surface area (Å²) >= 11 is 1.32. The highest BCUT2D eigenvalue weighted by atomic mass is 32.2. The number of fused-ring (bicyclic) bond motifs is 1. The average molecular weight is 439 g/mol. The van der Waals surface area contributed by atoms with Crippen molar-refractivity contribution in [3.05, 3.63) is 59.4 Å². The minimum atomic E-state index is -1.25. The summed E-state index contributed by atoms with van der Waals surface area (Å²) < 4.78 is 19.4. The number of ether oxygens (including phenoxy) is 1. The smallest absolute Gasteiger partial charge is 0.269 e. The predicted molar refractivity (Wildman–Crippen MR) is 121 cm³/mol. The fourth-order valence-electron chi connectivity index (χ4n) is 4.99. The van der Waals surface area contributed by atoms with E-state index in [4.69, 9.17) is 4.74 Å². The van der Waals surface area contributed by atoms with Crippen molar-refractivity contribution >= 4 is 40.5 Å². The molecule has 1 spiro atoms. The van der Waals surface area contributed by atoms with E-state index in [1.165, 1.54) is 28.8 Å². The molecule has 3 heterocycles. The summed E-state index contributed by atoms with van der Waals surface area (Å²) in [5.41, 5.74) is 3.52. The molecule has 0 aromatic heterocycles. The van der Waals surface area contributed by atoms with Gasteiger partial charge in [0, 0.05) is 16.8 Å². The van der Waals surface area contributed by atoms with Gasteiger partial charge in [0.15, 0.2) is 0 Å². The highest BCUT2D eigenvalue weighted by Crippen LogP contribution is 2.60. The largest absolute Gasteiger partial charge is 0.494 e. The van der Waals surface area contributed by atoms with E-state index in [1.54, 1.807) is 12.1 Å². The summed E-state index contributed by atoms with van der Waals surface area (Å²) in [6.45, 7) is 8.44. The van der Waals surface area contributed by atoms with Gasteiger partial charge in [-0.25, -0.2) is 4.39 Å². The van der Waals surface area contributed by atoms with Crippen LogP contribution in [0.5, 0.6) is 5.75 Å². The first kappa shape index (κ1) is 20.1. The third-order valence-corrected chi connectivity index (χ3v) is 7.49. The summed E-state index contributed by atoms with van der Waals surface area (Å²) in [6, 6.07) is 9.58. The number of hydrogen-bond acceptors (Lipinski definition) is 4. The average Bonchev–Trinajstić information content (AvgIpc) is 3.18. The van der Waals surface area contributed by atoms with E-state index in [2.05, 4.69) is 6.08 Å². The number of halogens is 1. The van der Waals surface area contributed by atoms with E-state index in [9.17, 15) is 14.0 Å². The van der Waals surface area contributed by atoms with Crippen LogP contribution < -0.4 is 14.5 Å². The molecule has 2 aromatic rings. The Morgan fingerprint density at radius 2 is 1.84 bits per heavy atom. The van der Waals surface area contributed by atoms with Crippen LogP contribution in [0.4, 0.5) is 15.8 Å². The second-order valence-electron chi connectivity index (χ2n) is 8.56. The van der Waals surface area contributed by atoms with Gasteiger partial charge in [-0.3, -0.25) is 19.4 Å². The predicted octanol–water partition coefficient (Wildman–Crippen LogP) is 4.70. The van der Waals surface area contributed by atoms with Gasteiger partial charge in [0.1, 0.15) is 11.6 Å². The number of thioether (sulfide) groups is 1. The summed E-state index contributed by atoms with van der Waals surface area (Å²) in [5.74, 6) is 0.0971. The second-order valence-corrected chi connectivity index (χ2v) is 9.73. The summed E-state index contributed by atoms with van der Waals surface area (Å²) in [5, 5.41) is 0. The minimum Gasteiger partial charge on any atom is -0.494 e. The topological polar surface area (TPSA) is 49.9 Å². The molecular formula is C24H23FN2O3S.